The Hall–Kier alpha value is -3.39. The van der Waals surface area contributed by atoms with E-state index in [9.17, 15) is 0 Å². The van der Waals surface area contributed by atoms with Gasteiger partial charge in [0.15, 0.2) is 5.76 Å². The van der Waals surface area contributed by atoms with E-state index in [0.29, 0.717) is 34.5 Å². The monoisotopic (exact) mass is 366 g/mol. The Kier molecular flexibility index (Phi) is 4.48. The molecule has 1 N–H and O–H groups in total. The number of hydrogen-bond acceptors (Lipinski definition) is 6. The van der Waals surface area contributed by atoms with Crippen LogP contribution in [0.1, 0.15) is 11.5 Å². The summed E-state index contributed by atoms with van der Waals surface area (Å²) in [5.41, 5.74) is 0. The Morgan fingerprint density at radius 1 is 1.15 bits per heavy atom. The molecule has 3 heterocycles. The number of nitrogens with zero attached hydrogens (tertiary/aromatic N) is 3. The zero-order chi connectivity index (χ0) is 17.8. The zero-order valence-corrected chi connectivity index (χ0v) is 14.3. The van der Waals surface area contributed by atoms with Crippen molar-refractivity contribution in [3.05, 3.63) is 77.2 Å². The van der Waals surface area contributed by atoms with Crippen molar-refractivity contribution in [2.75, 3.05) is 0 Å². The molecule has 0 radical (unpaired) electrons. The molecule has 8 heteroatoms. The molecular weight excluding hydrogens is 352 g/mol. The molecule has 4 rings (SSSR count). The lowest BCUT2D eigenvalue weighted by Gasteiger charge is -2.02. The van der Waals surface area contributed by atoms with Crippen LogP contribution in [-0.2, 0) is 6.61 Å². The summed E-state index contributed by atoms with van der Waals surface area (Å²) in [7, 11) is 0. The third kappa shape index (κ3) is 3.50. The van der Waals surface area contributed by atoms with Gasteiger partial charge in [-0.25, -0.2) is 5.10 Å². The summed E-state index contributed by atoms with van der Waals surface area (Å²) in [5.74, 6) is 3.09. The lowest BCUT2D eigenvalue weighted by Crippen LogP contribution is -1.94. The van der Waals surface area contributed by atoms with Gasteiger partial charge in [0, 0.05) is 0 Å². The first kappa shape index (κ1) is 16.1. The van der Waals surface area contributed by atoms with Crippen LogP contribution in [0.25, 0.3) is 11.6 Å². The minimum absolute atomic E-state index is 0.334. The summed E-state index contributed by atoms with van der Waals surface area (Å²) < 4.78 is 18.5. The molecule has 0 aliphatic rings. The molecule has 1 aromatic carbocycles. The van der Waals surface area contributed by atoms with Gasteiger partial charge in [-0.05, 0) is 48.6 Å². The molecule has 130 valence electrons. The van der Waals surface area contributed by atoms with Crippen molar-refractivity contribution in [2.24, 2.45) is 5.10 Å². The maximum absolute atomic E-state index is 5.70. The number of hydrogen-bond donors (Lipinski definition) is 1. The molecule has 4 aromatic rings. The van der Waals surface area contributed by atoms with Crippen LogP contribution >= 0.6 is 12.2 Å². The van der Waals surface area contributed by atoms with Gasteiger partial charge >= 0.3 is 0 Å². The maximum atomic E-state index is 5.70. The number of furan rings is 2. The summed E-state index contributed by atoms with van der Waals surface area (Å²) >= 11 is 5.20. The Balaban J connectivity index is 1.48. The van der Waals surface area contributed by atoms with Crippen LogP contribution in [0.3, 0.4) is 0 Å². The Labute approximate surface area is 153 Å². The van der Waals surface area contributed by atoms with Crippen molar-refractivity contribution >= 4 is 18.4 Å². The highest BCUT2D eigenvalue weighted by atomic mass is 32.1. The second-order valence-electron chi connectivity index (χ2n) is 5.29. The largest absolute Gasteiger partial charge is 0.486 e. The molecule has 0 bridgehead atoms. The molecule has 0 spiro atoms. The average Bonchev–Trinajstić information content (AvgIpc) is 3.40. The standard InChI is InChI=1S/C18H14N4O3S/c26-18-21-20-17(16-7-4-10-23-16)22(18)19-11-14-8-9-15(25-14)12-24-13-5-2-1-3-6-13/h1-11H,12H2,(H,21,26)/b19-11+. The van der Waals surface area contributed by atoms with Crippen LogP contribution in [-0.4, -0.2) is 21.1 Å². The van der Waals surface area contributed by atoms with E-state index in [-0.39, 0.29) is 0 Å². The van der Waals surface area contributed by atoms with Crippen LogP contribution in [0, 0.1) is 4.77 Å². The molecule has 0 unspecified atom stereocenters. The molecule has 0 amide bonds. The number of benzene rings is 1. The van der Waals surface area contributed by atoms with E-state index < -0.39 is 0 Å². The van der Waals surface area contributed by atoms with Crippen molar-refractivity contribution in [3.8, 4) is 17.3 Å². The fraction of sp³-hybridized carbons (Fsp3) is 0.0556. The molecule has 0 atom stereocenters. The first-order valence-electron chi connectivity index (χ1n) is 7.82. The highest BCUT2D eigenvalue weighted by Crippen LogP contribution is 2.18. The predicted octanol–water partition coefficient (Wildman–Crippen LogP) is 4.25. The SMILES string of the molecule is S=c1[nH]nc(-c2ccco2)n1/N=C/c1ccc(COc2ccccc2)o1. The molecule has 26 heavy (non-hydrogen) atoms. The van der Waals surface area contributed by atoms with Crippen LogP contribution in [0.2, 0.25) is 0 Å². The molecule has 0 fully saturated rings. The van der Waals surface area contributed by atoms with Crippen LogP contribution < -0.4 is 4.74 Å². The number of H-pyrrole nitrogens is 1. The predicted molar refractivity (Wildman–Crippen MR) is 97.6 cm³/mol. The molecule has 7 nitrogen and oxygen atoms in total. The molecule has 0 aliphatic carbocycles. The van der Waals surface area contributed by atoms with Gasteiger partial charge in [-0.3, -0.25) is 0 Å². The minimum Gasteiger partial charge on any atom is -0.486 e. The Morgan fingerprint density at radius 3 is 2.85 bits per heavy atom. The highest BCUT2D eigenvalue weighted by Gasteiger charge is 2.10. The number of para-hydroxylation sites is 1. The number of rotatable bonds is 6. The second-order valence-corrected chi connectivity index (χ2v) is 5.68. The van der Waals surface area contributed by atoms with E-state index in [1.54, 1.807) is 24.6 Å². The van der Waals surface area contributed by atoms with E-state index in [2.05, 4.69) is 15.3 Å². The first-order valence-corrected chi connectivity index (χ1v) is 8.22. The van der Waals surface area contributed by atoms with E-state index in [0.717, 1.165) is 5.75 Å². The second kappa shape index (κ2) is 7.24. The van der Waals surface area contributed by atoms with Gasteiger partial charge in [-0.15, -0.1) is 5.10 Å². The molecule has 3 aromatic heterocycles. The lowest BCUT2D eigenvalue weighted by molar-refractivity contribution is 0.270. The smallest absolute Gasteiger partial charge is 0.219 e. The van der Waals surface area contributed by atoms with Crippen molar-refractivity contribution in [2.45, 2.75) is 6.61 Å². The van der Waals surface area contributed by atoms with Gasteiger partial charge < -0.3 is 13.6 Å². The number of aromatic nitrogens is 3. The molecule has 0 saturated heterocycles. The molecular formula is C18H14N4O3S. The van der Waals surface area contributed by atoms with Gasteiger partial charge in [-0.2, -0.15) is 9.78 Å². The Bertz CT molecular complexity index is 1060. The van der Waals surface area contributed by atoms with Gasteiger partial charge in [0.05, 0.1) is 12.5 Å². The van der Waals surface area contributed by atoms with Crippen molar-refractivity contribution < 1.29 is 13.6 Å². The lowest BCUT2D eigenvalue weighted by atomic mass is 10.3. The molecule has 0 aliphatic heterocycles. The number of aromatic amines is 1. The third-order valence-electron chi connectivity index (χ3n) is 3.50. The fourth-order valence-electron chi connectivity index (χ4n) is 2.29. The minimum atomic E-state index is 0.334. The van der Waals surface area contributed by atoms with E-state index in [4.69, 9.17) is 25.8 Å². The summed E-state index contributed by atoms with van der Waals surface area (Å²) in [5, 5.41) is 11.1. The van der Waals surface area contributed by atoms with Crippen molar-refractivity contribution in [1.29, 1.82) is 0 Å². The summed E-state index contributed by atoms with van der Waals surface area (Å²) in [6.45, 7) is 0.334. The normalized spacial score (nSPS) is 11.2. The van der Waals surface area contributed by atoms with E-state index in [1.807, 2.05) is 42.5 Å². The highest BCUT2D eigenvalue weighted by molar-refractivity contribution is 7.71. The van der Waals surface area contributed by atoms with Gasteiger partial charge in [0.2, 0.25) is 10.6 Å². The molecule has 0 saturated carbocycles. The van der Waals surface area contributed by atoms with E-state index >= 15 is 0 Å². The Morgan fingerprint density at radius 2 is 2.04 bits per heavy atom. The van der Waals surface area contributed by atoms with Gasteiger partial charge in [0.25, 0.3) is 0 Å². The van der Waals surface area contributed by atoms with Crippen LogP contribution in [0.15, 0.2) is 74.8 Å². The van der Waals surface area contributed by atoms with Gasteiger partial charge in [-0.1, -0.05) is 18.2 Å². The topological polar surface area (TPSA) is 81.5 Å². The number of nitrogens with one attached hydrogen (secondary N) is 1. The quantitative estimate of drug-likeness (QED) is 0.407. The summed E-state index contributed by atoms with van der Waals surface area (Å²) in [6.07, 6.45) is 3.12. The van der Waals surface area contributed by atoms with Crippen LogP contribution in [0.5, 0.6) is 5.75 Å². The summed E-state index contributed by atoms with van der Waals surface area (Å²) in [6, 6.07) is 16.8. The fourth-order valence-corrected chi connectivity index (χ4v) is 2.47. The van der Waals surface area contributed by atoms with Crippen molar-refractivity contribution in [1.82, 2.24) is 14.9 Å². The van der Waals surface area contributed by atoms with Gasteiger partial charge in [0.1, 0.15) is 23.9 Å². The third-order valence-corrected chi connectivity index (χ3v) is 3.76. The van der Waals surface area contributed by atoms with Crippen LogP contribution in [0.4, 0.5) is 0 Å². The van der Waals surface area contributed by atoms with Crippen molar-refractivity contribution in [3.63, 3.8) is 0 Å². The van der Waals surface area contributed by atoms with E-state index in [1.165, 1.54) is 4.68 Å². The number of ether oxygens (including phenoxy) is 1. The average molecular weight is 366 g/mol. The summed E-state index contributed by atoms with van der Waals surface area (Å²) in [4.78, 5) is 0. The zero-order valence-electron chi connectivity index (χ0n) is 13.5. The first-order chi connectivity index (χ1) is 12.8. The maximum Gasteiger partial charge on any atom is 0.219 e.